The van der Waals surface area contributed by atoms with Crippen LogP contribution in [0.5, 0.6) is 0 Å². The third-order valence-corrected chi connectivity index (χ3v) is 6.39. The fraction of sp³-hybridized carbons (Fsp3) is 1.00. The Morgan fingerprint density at radius 1 is 0.950 bits per heavy atom. The lowest BCUT2D eigenvalue weighted by Gasteiger charge is -2.57. The van der Waals surface area contributed by atoms with Crippen LogP contribution in [0, 0.1) is 23.2 Å². The molecule has 4 rings (SSSR count). The van der Waals surface area contributed by atoms with Gasteiger partial charge < -0.3 is 10.2 Å². The van der Waals surface area contributed by atoms with Crippen LogP contribution in [-0.4, -0.2) is 37.6 Å². The minimum absolute atomic E-state index is 0.712. The normalized spacial score (nSPS) is 38.9. The van der Waals surface area contributed by atoms with E-state index in [2.05, 4.69) is 24.1 Å². The van der Waals surface area contributed by atoms with Crippen molar-refractivity contribution in [2.45, 2.75) is 58.8 Å². The Morgan fingerprint density at radius 3 is 2.00 bits per heavy atom. The molecule has 0 saturated heterocycles. The van der Waals surface area contributed by atoms with Crippen molar-refractivity contribution >= 4 is 0 Å². The first kappa shape index (κ1) is 14.8. The number of nitrogens with one attached hydrogen (secondary N) is 1. The summed E-state index contributed by atoms with van der Waals surface area (Å²) in [5.74, 6) is 3.29. The minimum Gasteiger partial charge on any atom is -0.316 e. The van der Waals surface area contributed by atoms with Gasteiger partial charge in [-0.2, -0.15) is 0 Å². The van der Waals surface area contributed by atoms with Crippen molar-refractivity contribution in [3.05, 3.63) is 0 Å². The van der Waals surface area contributed by atoms with Gasteiger partial charge >= 0.3 is 0 Å². The molecule has 2 nitrogen and oxygen atoms in total. The molecule has 0 radical (unpaired) electrons. The van der Waals surface area contributed by atoms with E-state index in [0.29, 0.717) is 5.41 Å². The molecule has 4 saturated carbocycles. The quantitative estimate of drug-likeness (QED) is 0.683. The summed E-state index contributed by atoms with van der Waals surface area (Å²) < 4.78 is 0. The number of hydrogen-bond donors (Lipinski definition) is 1. The minimum atomic E-state index is 0.712. The van der Waals surface area contributed by atoms with E-state index >= 15 is 0 Å². The molecule has 4 aliphatic carbocycles. The van der Waals surface area contributed by atoms with E-state index < -0.39 is 0 Å². The van der Waals surface area contributed by atoms with E-state index in [1.54, 1.807) is 38.5 Å². The predicted molar refractivity (Wildman–Crippen MR) is 85.9 cm³/mol. The van der Waals surface area contributed by atoms with Gasteiger partial charge in [0.05, 0.1) is 0 Å². The molecule has 2 heteroatoms. The molecule has 116 valence electrons. The Morgan fingerprint density at radius 2 is 1.50 bits per heavy atom. The molecule has 4 fully saturated rings. The average Bonchev–Trinajstić information content (AvgIpc) is 2.41. The fourth-order valence-electron chi connectivity index (χ4n) is 5.83. The summed E-state index contributed by atoms with van der Waals surface area (Å²) >= 11 is 0. The van der Waals surface area contributed by atoms with Crippen molar-refractivity contribution < 1.29 is 0 Å². The molecule has 1 N–H and O–H groups in total. The molecule has 0 atom stereocenters. The Labute approximate surface area is 125 Å². The highest BCUT2D eigenvalue weighted by Gasteiger charge is 2.50. The van der Waals surface area contributed by atoms with Crippen LogP contribution in [0.15, 0.2) is 0 Å². The number of hydrogen-bond acceptors (Lipinski definition) is 2. The molecule has 0 heterocycles. The topological polar surface area (TPSA) is 15.3 Å². The van der Waals surface area contributed by atoms with E-state index in [0.717, 1.165) is 17.8 Å². The summed E-state index contributed by atoms with van der Waals surface area (Å²) in [4.78, 5) is 2.53. The van der Waals surface area contributed by atoms with Crippen LogP contribution in [0.25, 0.3) is 0 Å². The van der Waals surface area contributed by atoms with Crippen molar-refractivity contribution in [3.63, 3.8) is 0 Å². The lowest BCUT2D eigenvalue weighted by atomic mass is 9.49. The molecule has 4 bridgehead atoms. The van der Waals surface area contributed by atoms with E-state index in [9.17, 15) is 0 Å². The summed E-state index contributed by atoms with van der Waals surface area (Å²) in [5.41, 5.74) is 0.712. The highest BCUT2D eigenvalue weighted by molar-refractivity contribution is 5.02. The van der Waals surface area contributed by atoms with Crippen molar-refractivity contribution in [1.82, 2.24) is 10.2 Å². The monoisotopic (exact) mass is 278 g/mol. The summed E-state index contributed by atoms with van der Waals surface area (Å²) in [6.45, 7) is 10.7. The zero-order chi connectivity index (χ0) is 14.0. The van der Waals surface area contributed by atoms with Gasteiger partial charge in [0.25, 0.3) is 0 Å². The summed E-state index contributed by atoms with van der Waals surface area (Å²) in [5, 5.41) is 3.82. The van der Waals surface area contributed by atoms with Crippen LogP contribution in [-0.2, 0) is 0 Å². The average molecular weight is 278 g/mol. The molecule has 0 spiro atoms. The first-order valence-corrected chi connectivity index (χ1v) is 9.16. The highest BCUT2D eigenvalue weighted by atomic mass is 15.1. The van der Waals surface area contributed by atoms with Crippen molar-refractivity contribution in [3.8, 4) is 0 Å². The van der Waals surface area contributed by atoms with Crippen LogP contribution >= 0.6 is 0 Å². The molecule has 20 heavy (non-hydrogen) atoms. The van der Waals surface area contributed by atoms with Crippen LogP contribution < -0.4 is 5.32 Å². The second-order valence-electron chi connectivity index (χ2n) is 7.97. The van der Waals surface area contributed by atoms with Crippen molar-refractivity contribution in [1.29, 1.82) is 0 Å². The summed E-state index contributed by atoms with van der Waals surface area (Å²) in [6.07, 6.45) is 10.7. The molecule has 0 aromatic heterocycles. The van der Waals surface area contributed by atoms with Crippen LogP contribution in [0.3, 0.4) is 0 Å². The van der Waals surface area contributed by atoms with Crippen molar-refractivity contribution in [2.24, 2.45) is 23.2 Å². The first-order chi connectivity index (χ1) is 9.73. The van der Waals surface area contributed by atoms with Gasteiger partial charge in [-0.1, -0.05) is 13.8 Å². The van der Waals surface area contributed by atoms with Gasteiger partial charge in [-0.25, -0.2) is 0 Å². The van der Waals surface area contributed by atoms with Gasteiger partial charge in [-0.15, -0.1) is 0 Å². The molecule has 0 unspecified atom stereocenters. The zero-order valence-electron chi connectivity index (χ0n) is 13.7. The van der Waals surface area contributed by atoms with Gasteiger partial charge in [-0.05, 0) is 94.3 Å². The maximum atomic E-state index is 3.82. The third kappa shape index (κ3) is 3.22. The maximum Gasteiger partial charge on any atom is 0.000812 e. The van der Waals surface area contributed by atoms with E-state index in [1.165, 1.54) is 39.1 Å². The van der Waals surface area contributed by atoms with Crippen LogP contribution in [0.1, 0.15) is 58.8 Å². The van der Waals surface area contributed by atoms with E-state index in [1.807, 2.05) is 0 Å². The second kappa shape index (κ2) is 6.36. The largest absolute Gasteiger partial charge is 0.316 e. The fourth-order valence-corrected chi connectivity index (χ4v) is 5.83. The molecule has 0 aromatic carbocycles. The number of nitrogens with zero attached hydrogens (tertiary/aromatic N) is 1. The molecule has 0 amide bonds. The number of rotatable bonds is 8. The summed E-state index contributed by atoms with van der Waals surface area (Å²) in [6, 6.07) is 0. The van der Waals surface area contributed by atoms with E-state index in [4.69, 9.17) is 0 Å². The van der Waals surface area contributed by atoms with Crippen LogP contribution in [0.2, 0.25) is 0 Å². The smallest absolute Gasteiger partial charge is 0.000812 e. The molecule has 4 aliphatic rings. The molecule has 0 aliphatic heterocycles. The summed E-state index contributed by atoms with van der Waals surface area (Å²) in [7, 11) is 0. The Kier molecular flexibility index (Phi) is 4.72. The Balaban J connectivity index is 1.38. The Hall–Kier alpha value is -0.0800. The standard InChI is InChI=1S/C18H34N2/c1-3-20(4-2)7-5-6-19-14-18-11-15-8-16(12-18)10-17(9-15)13-18/h15-17,19H,3-14H2,1-2H3. The van der Waals surface area contributed by atoms with Gasteiger partial charge in [0, 0.05) is 6.54 Å². The lowest BCUT2D eigenvalue weighted by Crippen LogP contribution is -2.50. The van der Waals surface area contributed by atoms with Gasteiger partial charge in [0.1, 0.15) is 0 Å². The molecular weight excluding hydrogens is 244 g/mol. The SMILES string of the molecule is CCN(CC)CCCNCC12CC3CC(CC(C3)C1)C2. The molecular formula is C18H34N2. The van der Waals surface area contributed by atoms with Crippen molar-refractivity contribution in [2.75, 3.05) is 32.7 Å². The third-order valence-electron chi connectivity index (χ3n) is 6.39. The van der Waals surface area contributed by atoms with E-state index in [-0.39, 0.29) is 0 Å². The van der Waals surface area contributed by atoms with Gasteiger partial charge in [0.15, 0.2) is 0 Å². The lowest BCUT2D eigenvalue weighted by molar-refractivity contribution is -0.0512. The zero-order valence-corrected chi connectivity index (χ0v) is 13.7. The van der Waals surface area contributed by atoms with Gasteiger partial charge in [0.2, 0.25) is 0 Å². The highest BCUT2D eigenvalue weighted by Crippen LogP contribution is 2.59. The van der Waals surface area contributed by atoms with Gasteiger partial charge in [-0.3, -0.25) is 0 Å². The Bertz CT molecular complexity index is 273. The first-order valence-electron chi connectivity index (χ1n) is 9.16. The van der Waals surface area contributed by atoms with Crippen LogP contribution in [0.4, 0.5) is 0 Å². The second-order valence-corrected chi connectivity index (χ2v) is 7.97. The molecule has 0 aromatic rings. The predicted octanol–water partition coefficient (Wildman–Crippen LogP) is 3.52. The maximum absolute atomic E-state index is 3.82.